The van der Waals surface area contributed by atoms with Gasteiger partial charge in [-0.15, -0.1) is 0 Å². The van der Waals surface area contributed by atoms with Crippen molar-refractivity contribution in [1.29, 1.82) is 0 Å². The first-order chi connectivity index (χ1) is 8.13. The predicted octanol–water partition coefficient (Wildman–Crippen LogP) is 1.28. The minimum absolute atomic E-state index is 0.314. The largest absolute Gasteiger partial charge is 0.464 e. The zero-order chi connectivity index (χ0) is 12.7. The molecule has 1 rings (SSSR count). The van der Waals surface area contributed by atoms with E-state index in [1.165, 1.54) is 7.11 Å². The normalized spacial score (nSPS) is 10.4. The molecule has 0 spiro atoms. The van der Waals surface area contributed by atoms with Gasteiger partial charge in [-0.1, -0.05) is 13.8 Å². The highest BCUT2D eigenvalue weighted by Crippen LogP contribution is 2.08. The highest BCUT2D eigenvalue weighted by atomic mass is 16.5. The average molecular weight is 237 g/mol. The van der Waals surface area contributed by atoms with Crippen molar-refractivity contribution in [3.05, 3.63) is 24.0 Å². The van der Waals surface area contributed by atoms with Gasteiger partial charge >= 0.3 is 5.97 Å². The molecule has 94 valence electrons. The summed E-state index contributed by atoms with van der Waals surface area (Å²) in [6.07, 6.45) is 1.59. The minimum atomic E-state index is -0.422. The van der Waals surface area contributed by atoms with E-state index in [0.717, 1.165) is 18.8 Å². The molecule has 0 radical (unpaired) electrons. The molecule has 5 nitrogen and oxygen atoms in total. The van der Waals surface area contributed by atoms with E-state index in [0.29, 0.717) is 11.7 Å². The van der Waals surface area contributed by atoms with Gasteiger partial charge in [-0.2, -0.15) is 0 Å². The van der Waals surface area contributed by atoms with Crippen LogP contribution < -0.4 is 10.6 Å². The van der Waals surface area contributed by atoms with Gasteiger partial charge in [-0.05, 0) is 12.1 Å². The molecule has 17 heavy (non-hydrogen) atoms. The minimum Gasteiger partial charge on any atom is -0.464 e. The second-order valence-electron chi connectivity index (χ2n) is 3.96. The van der Waals surface area contributed by atoms with Crippen LogP contribution in [0.5, 0.6) is 0 Å². The van der Waals surface area contributed by atoms with E-state index in [2.05, 4.69) is 34.2 Å². The van der Waals surface area contributed by atoms with Crippen LogP contribution in [0.4, 0.5) is 5.69 Å². The van der Waals surface area contributed by atoms with E-state index < -0.39 is 5.97 Å². The lowest BCUT2D eigenvalue weighted by Crippen LogP contribution is -2.28. The molecule has 0 aromatic carbocycles. The molecule has 0 aliphatic rings. The zero-order valence-corrected chi connectivity index (χ0v) is 10.5. The number of carbonyl (C=O) groups excluding carboxylic acids is 1. The van der Waals surface area contributed by atoms with Gasteiger partial charge < -0.3 is 15.4 Å². The first-order valence-electron chi connectivity index (χ1n) is 5.65. The molecule has 0 fully saturated rings. The maximum Gasteiger partial charge on any atom is 0.356 e. The van der Waals surface area contributed by atoms with Gasteiger partial charge in [-0.3, -0.25) is 0 Å². The van der Waals surface area contributed by atoms with E-state index in [1.807, 2.05) is 6.07 Å². The van der Waals surface area contributed by atoms with Crippen molar-refractivity contribution in [3.8, 4) is 0 Å². The Hall–Kier alpha value is -1.62. The monoisotopic (exact) mass is 237 g/mol. The Bertz CT molecular complexity index is 367. The second kappa shape index (κ2) is 6.85. The number of carbonyl (C=O) groups is 1. The van der Waals surface area contributed by atoms with Crippen LogP contribution in [0.25, 0.3) is 0 Å². The molecule has 0 aliphatic carbocycles. The van der Waals surface area contributed by atoms with E-state index in [-0.39, 0.29) is 0 Å². The van der Waals surface area contributed by atoms with Crippen molar-refractivity contribution in [2.75, 3.05) is 25.5 Å². The van der Waals surface area contributed by atoms with Crippen LogP contribution >= 0.6 is 0 Å². The van der Waals surface area contributed by atoms with Crippen LogP contribution in [0, 0.1) is 0 Å². The van der Waals surface area contributed by atoms with Gasteiger partial charge in [-0.25, -0.2) is 9.78 Å². The lowest BCUT2D eigenvalue weighted by Gasteiger charge is -2.10. The topological polar surface area (TPSA) is 63.2 Å². The summed E-state index contributed by atoms with van der Waals surface area (Å²) in [6, 6.07) is 3.98. The smallest absolute Gasteiger partial charge is 0.356 e. The average Bonchev–Trinajstić information content (AvgIpc) is 2.34. The summed E-state index contributed by atoms with van der Waals surface area (Å²) in [5.41, 5.74) is 1.18. The molecule has 0 aliphatic heterocycles. The number of hydrogen-bond acceptors (Lipinski definition) is 5. The van der Waals surface area contributed by atoms with Gasteiger partial charge in [0.05, 0.1) is 7.11 Å². The van der Waals surface area contributed by atoms with Crippen LogP contribution in [0.1, 0.15) is 24.3 Å². The summed E-state index contributed by atoms with van der Waals surface area (Å²) in [7, 11) is 1.34. The second-order valence-corrected chi connectivity index (χ2v) is 3.96. The number of hydrogen-bond donors (Lipinski definition) is 2. The van der Waals surface area contributed by atoms with Crippen molar-refractivity contribution in [2.24, 2.45) is 0 Å². The molecule has 1 aromatic rings. The summed E-state index contributed by atoms with van der Waals surface area (Å²) in [6.45, 7) is 5.86. The number of ether oxygens (including phenoxy) is 1. The van der Waals surface area contributed by atoms with Gasteiger partial charge in [0.25, 0.3) is 0 Å². The number of nitrogens with one attached hydrogen (secondary N) is 2. The number of pyridine rings is 1. The van der Waals surface area contributed by atoms with Crippen molar-refractivity contribution in [2.45, 2.75) is 19.9 Å². The fourth-order valence-corrected chi connectivity index (χ4v) is 1.32. The molecule has 0 saturated carbocycles. The molecule has 0 unspecified atom stereocenters. The van der Waals surface area contributed by atoms with E-state index >= 15 is 0 Å². The fraction of sp³-hybridized carbons (Fsp3) is 0.500. The third-order valence-electron chi connectivity index (χ3n) is 2.16. The SMILES string of the molecule is COC(=O)c1cc(NCCNC(C)C)ccn1. The number of rotatable bonds is 6. The Balaban J connectivity index is 2.46. The van der Waals surface area contributed by atoms with Gasteiger partial charge in [0.15, 0.2) is 0 Å². The molecule has 0 bridgehead atoms. The summed E-state index contributed by atoms with van der Waals surface area (Å²) < 4.78 is 4.61. The number of nitrogens with zero attached hydrogens (tertiary/aromatic N) is 1. The Morgan fingerprint density at radius 2 is 2.24 bits per heavy atom. The Kier molecular flexibility index (Phi) is 5.42. The first-order valence-corrected chi connectivity index (χ1v) is 5.65. The van der Waals surface area contributed by atoms with Crippen LogP contribution in [0.15, 0.2) is 18.3 Å². The van der Waals surface area contributed by atoms with Crippen molar-refractivity contribution in [1.82, 2.24) is 10.3 Å². The van der Waals surface area contributed by atoms with Crippen molar-refractivity contribution < 1.29 is 9.53 Å². The van der Waals surface area contributed by atoms with Gasteiger partial charge in [0.2, 0.25) is 0 Å². The number of methoxy groups -OCH3 is 1. The fourth-order valence-electron chi connectivity index (χ4n) is 1.32. The Morgan fingerprint density at radius 1 is 1.47 bits per heavy atom. The third-order valence-corrected chi connectivity index (χ3v) is 2.16. The highest BCUT2D eigenvalue weighted by molar-refractivity contribution is 5.88. The maximum atomic E-state index is 11.3. The molecular weight excluding hydrogens is 218 g/mol. The Morgan fingerprint density at radius 3 is 2.88 bits per heavy atom. The highest BCUT2D eigenvalue weighted by Gasteiger charge is 2.06. The van der Waals surface area contributed by atoms with E-state index in [9.17, 15) is 4.79 Å². The van der Waals surface area contributed by atoms with Crippen molar-refractivity contribution in [3.63, 3.8) is 0 Å². The van der Waals surface area contributed by atoms with Crippen molar-refractivity contribution >= 4 is 11.7 Å². The molecule has 1 heterocycles. The lowest BCUT2D eigenvalue weighted by molar-refractivity contribution is 0.0594. The van der Waals surface area contributed by atoms with Gasteiger partial charge in [0, 0.05) is 31.0 Å². The molecule has 5 heteroatoms. The summed E-state index contributed by atoms with van der Waals surface area (Å²) in [4.78, 5) is 15.2. The maximum absolute atomic E-state index is 11.3. The standard InChI is InChI=1S/C12H19N3O2/c1-9(2)13-6-7-14-10-4-5-15-11(8-10)12(16)17-3/h4-5,8-9,13H,6-7H2,1-3H3,(H,14,15). The number of aromatic nitrogens is 1. The van der Waals surface area contributed by atoms with Crippen LogP contribution in [0.3, 0.4) is 0 Å². The molecule has 2 N–H and O–H groups in total. The van der Waals surface area contributed by atoms with E-state index in [1.54, 1.807) is 12.3 Å². The zero-order valence-electron chi connectivity index (χ0n) is 10.5. The summed E-state index contributed by atoms with van der Waals surface area (Å²) >= 11 is 0. The van der Waals surface area contributed by atoms with Crippen LogP contribution in [-0.2, 0) is 4.74 Å². The van der Waals surface area contributed by atoms with Crippen LogP contribution in [0.2, 0.25) is 0 Å². The lowest BCUT2D eigenvalue weighted by atomic mass is 10.3. The predicted molar refractivity (Wildman–Crippen MR) is 67.2 cm³/mol. The molecule has 1 aromatic heterocycles. The van der Waals surface area contributed by atoms with Crippen LogP contribution in [-0.4, -0.2) is 37.2 Å². The van der Waals surface area contributed by atoms with Gasteiger partial charge in [0.1, 0.15) is 5.69 Å². The molecule has 0 atom stereocenters. The van der Waals surface area contributed by atoms with E-state index in [4.69, 9.17) is 0 Å². The first kappa shape index (κ1) is 13.4. The summed E-state index contributed by atoms with van der Waals surface area (Å²) in [5, 5.41) is 6.50. The quantitative estimate of drug-likeness (QED) is 0.576. The molecule has 0 saturated heterocycles. The third kappa shape index (κ3) is 4.82. The Labute approximate surface area is 102 Å². The molecular formula is C12H19N3O2. The molecule has 0 amide bonds. The summed E-state index contributed by atoms with van der Waals surface area (Å²) in [5.74, 6) is -0.422. The number of esters is 1. The number of anilines is 1.